The molecule has 0 fully saturated rings. The molecule has 1 heterocycles. The van der Waals surface area contributed by atoms with Gasteiger partial charge in [-0.25, -0.2) is 9.37 Å². The van der Waals surface area contributed by atoms with Gasteiger partial charge in [0.2, 0.25) is 0 Å². The molecule has 0 unspecified atom stereocenters. The number of non-ortho nitro benzene ring substituents is 1. The molecule has 6 nitrogen and oxygen atoms in total. The molecule has 0 radical (unpaired) electrons. The highest BCUT2D eigenvalue weighted by Crippen LogP contribution is 2.24. The van der Waals surface area contributed by atoms with Gasteiger partial charge in [0.1, 0.15) is 10.8 Å². The molecule has 1 amide bonds. The van der Waals surface area contributed by atoms with Crippen molar-refractivity contribution in [2.45, 2.75) is 0 Å². The van der Waals surface area contributed by atoms with E-state index < -0.39 is 22.3 Å². The molecule has 0 saturated carbocycles. The van der Waals surface area contributed by atoms with E-state index in [0.717, 1.165) is 28.8 Å². The summed E-state index contributed by atoms with van der Waals surface area (Å²) in [5.41, 5.74) is 0.726. The number of carbonyl (C=O) groups is 1. The molecule has 3 rings (SSSR count). The van der Waals surface area contributed by atoms with Crippen LogP contribution in [0.25, 0.3) is 10.6 Å². The van der Waals surface area contributed by atoms with Gasteiger partial charge in [0.15, 0.2) is 0 Å². The summed E-state index contributed by atoms with van der Waals surface area (Å²) < 4.78 is 13.8. The second-order valence-electron chi connectivity index (χ2n) is 4.79. The molecule has 0 atom stereocenters. The predicted molar refractivity (Wildman–Crippen MR) is 88.6 cm³/mol. The number of anilines is 1. The van der Waals surface area contributed by atoms with Gasteiger partial charge in [-0.15, -0.1) is 11.3 Å². The minimum Gasteiger partial charge on any atom is -0.322 e. The Morgan fingerprint density at radius 3 is 2.54 bits per heavy atom. The number of nitro groups is 1. The molecule has 2 aromatic carbocycles. The summed E-state index contributed by atoms with van der Waals surface area (Å²) in [4.78, 5) is 26.2. The van der Waals surface area contributed by atoms with Gasteiger partial charge >= 0.3 is 0 Å². The monoisotopic (exact) mass is 343 g/mol. The fourth-order valence-electron chi connectivity index (χ4n) is 2.06. The van der Waals surface area contributed by atoms with Crippen LogP contribution in [-0.4, -0.2) is 15.8 Å². The largest absolute Gasteiger partial charge is 0.322 e. The normalized spacial score (nSPS) is 10.4. The van der Waals surface area contributed by atoms with E-state index in [2.05, 4.69) is 10.3 Å². The Labute approximate surface area is 139 Å². The smallest absolute Gasteiger partial charge is 0.272 e. The molecule has 0 spiro atoms. The number of thiazole rings is 1. The molecule has 24 heavy (non-hydrogen) atoms. The maximum absolute atomic E-state index is 13.8. The molecular formula is C16H10FN3O3S. The summed E-state index contributed by atoms with van der Waals surface area (Å²) in [6, 6.07) is 9.84. The number of benzene rings is 2. The summed E-state index contributed by atoms with van der Waals surface area (Å²) in [6.07, 6.45) is 1.70. The lowest BCUT2D eigenvalue weighted by Crippen LogP contribution is -2.13. The van der Waals surface area contributed by atoms with Crippen molar-refractivity contribution in [3.63, 3.8) is 0 Å². The van der Waals surface area contributed by atoms with Crippen LogP contribution in [-0.2, 0) is 0 Å². The van der Waals surface area contributed by atoms with Crippen molar-refractivity contribution < 1.29 is 14.1 Å². The first kappa shape index (κ1) is 15.8. The minimum atomic E-state index is -0.943. The van der Waals surface area contributed by atoms with E-state index in [1.165, 1.54) is 11.3 Å². The highest BCUT2D eigenvalue weighted by atomic mass is 32.1. The zero-order valence-electron chi connectivity index (χ0n) is 12.1. The van der Waals surface area contributed by atoms with Crippen LogP contribution in [0.2, 0.25) is 0 Å². The Balaban J connectivity index is 1.76. The summed E-state index contributed by atoms with van der Waals surface area (Å²) >= 11 is 1.50. The van der Waals surface area contributed by atoms with Crippen LogP contribution in [0.3, 0.4) is 0 Å². The molecule has 0 aliphatic carbocycles. The van der Waals surface area contributed by atoms with E-state index in [4.69, 9.17) is 0 Å². The molecule has 1 N–H and O–H groups in total. The fraction of sp³-hybridized carbons (Fsp3) is 0. The van der Waals surface area contributed by atoms with E-state index in [-0.39, 0.29) is 5.56 Å². The summed E-state index contributed by atoms with van der Waals surface area (Å²) in [6.45, 7) is 0. The number of aromatic nitrogens is 1. The fourth-order valence-corrected chi connectivity index (χ4v) is 2.71. The number of carbonyl (C=O) groups excluding carboxylic acids is 1. The van der Waals surface area contributed by atoms with Crippen molar-refractivity contribution in [1.29, 1.82) is 0 Å². The van der Waals surface area contributed by atoms with Gasteiger partial charge in [0.25, 0.3) is 11.6 Å². The number of halogens is 1. The van der Waals surface area contributed by atoms with E-state index in [1.54, 1.807) is 30.5 Å². The Hall–Kier alpha value is -3.13. The van der Waals surface area contributed by atoms with E-state index in [0.29, 0.717) is 5.69 Å². The lowest BCUT2D eigenvalue weighted by Gasteiger charge is -2.07. The Morgan fingerprint density at radius 1 is 1.21 bits per heavy atom. The number of nitrogens with zero attached hydrogens (tertiary/aromatic N) is 2. The van der Waals surface area contributed by atoms with Crippen molar-refractivity contribution in [2.75, 3.05) is 5.32 Å². The minimum absolute atomic E-state index is 0.260. The lowest BCUT2D eigenvalue weighted by atomic mass is 10.1. The molecule has 3 aromatic rings. The molecule has 0 aliphatic rings. The van der Waals surface area contributed by atoms with Crippen molar-refractivity contribution in [3.8, 4) is 10.6 Å². The summed E-state index contributed by atoms with van der Waals surface area (Å²) in [5.74, 6) is -1.62. The maximum atomic E-state index is 13.8. The lowest BCUT2D eigenvalue weighted by molar-refractivity contribution is -0.385. The SMILES string of the molecule is O=C(Nc1ccc(-c2nccs2)cc1)c1ccc([N+](=O)[O-])cc1F. The quantitative estimate of drug-likeness (QED) is 0.570. The van der Waals surface area contributed by atoms with Crippen molar-refractivity contribution in [3.05, 3.63) is 75.5 Å². The van der Waals surface area contributed by atoms with Crippen LogP contribution < -0.4 is 5.32 Å². The van der Waals surface area contributed by atoms with Crippen LogP contribution in [0, 0.1) is 15.9 Å². The van der Waals surface area contributed by atoms with Gasteiger partial charge in [-0.2, -0.15) is 0 Å². The number of nitro benzene ring substituents is 1. The molecule has 120 valence electrons. The Bertz CT molecular complexity index is 895. The van der Waals surface area contributed by atoms with Crippen LogP contribution >= 0.6 is 11.3 Å². The van der Waals surface area contributed by atoms with Gasteiger partial charge in [0.05, 0.1) is 16.6 Å². The average Bonchev–Trinajstić information content (AvgIpc) is 3.09. The molecule has 0 saturated heterocycles. The van der Waals surface area contributed by atoms with Gasteiger partial charge < -0.3 is 5.32 Å². The van der Waals surface area contributed by atoms with Gasteiger partial charge in [-0.3, -0.25) is 14.9 Å². The van der Waals surface area contributed by atoms with E-state index in [1.807, 2.05) is 5.38 Å². The number of rotatable bonds is 4. The standard InChI is InChI=1S/C16H10FN3O3S/c17-14-9-12(20(22)23)5-6-13(14)15(21)19-11-3-1-10(2-4-11)16-18-7-8-24-16/h1-9H,(H,19,21). The average molecular weight is 343 g/mol. The zero-order valence-corrected chi connectivity index (χ0v) is 12.9. The molecule has 8 heteroatoms. The van der Waals surface area contributed by atoms with E-state index >= 15 is 0 Å². The summed E-state index contributed by atoms with van der Waals surface area (Å²) in [5, 5.41) is 15.9. The maximum Gasteiger partial charge on any atom is 0.272 e. The number of hydrogen-bond acceptors (Lipinski definition) is 5. The first-order chi connectivity index (χ1) is 11.5. The third-order valence-electron chi connectivity index (χ3n) is 3.23. The number of nitrogens with one attached hydrogen (secondary N) is 1. The second-order valence-corrected chi connectivity index (χ2v) is 5.68. The second kappa shape index (κ2) is 6.55. The van der Waals surface area contributed by atoms with Crippen molar-refractivity contribution in [2.24, 2.45) is 0 Å². The number of amides is 1. The van der Waals surface area contributed by atoms with Crippen LogP contribution in [0.5, 0.6) is 0 Å². The molecule has 1 aromatic heterocycles. The van der Waals surface area contributed by atoms with E-state index in [9.17, 15) is 19.3 Å². The van der Waals surface area contributed by atoms with Gasteiger partial charge in [-0.1, -0.05) is 0 Å². The van der Waals surface area contributed by atoms with Crippen LogP contribution in [0.1, 0.15) is 10.4 Å². The molecule has 0 bridgehead atoms. The first-order valence-electron chi connectivity index (χ1n) is 6.80. The van der Waals surface area contributed by atoms with Gasteiger partial charge in [-0.05, 0) is 30.3 Å². The highest BCUT2D eigenvalue weighted by molar-refractivity contribution is 7.13. The Morgan fingerprint density at radius 2 is 1.96 bits per heavy atom. The predicted octanol–water partition coefficient (Wildman–Crippen LogP) is 4.11. The highest BCUT2D eigenvalue weighted by Gasteiger charge is 2.16. The third-order valence-corrected chi connectivity index (χ3v) is 4.05. The van der Waals surface area contributed by atoms with Crippen LogP contribution in [0.15, 0.2) is 54.0 Å². The van der Waals surface area contributed by atoms with Crippen molar-refractivity contribution >= 4 is 28.6 Å². The van der Waals surface area contributed by atoms with Crippen molar-refractivity contribution in [1.82, 2.24) is 4.98 Å². The summed E-state index contributed by atoms with van der Waals surface area (Å²) in [7, 11) is 0. The zero-order chi connectivity index (χ0) is 17.1. The van der Waals surface area contributed by atoms with Crippen LogP contribution in [0.4, 0.5) is 15.8 Å². The molecular weight excluding hydrogens is 333 g/mol. The third kappa shape index (κ3) is 3.28. The Kier molecular flexibility index (Phi) is 4.30. The number of hydrogen-bond donors (Lipinski definition) is 1. The topological polar surface area (TPSA) is 85.1 Å². The molecule has 0 aliphatic heterocycles. The first-order valence-corrected chi connectivity index (χ1v) is 7.68. The van der Waals surface area contributed by atoms with Gasteiger partial charge in [0, 0.05) is 28.9 Å².